The van der Waals surface area contributed by atoms with Crippen LogP contribution >= 0.6 is 11.6 Å². The average Bonchev–Trinajstić information content (AvgIpc) is 2.62. The van der Waals surface area contributed by atoms with Crippen LogP contribution in [0.2, 0.25) is 5.02 Å². The number of para-hydroxylation sites is 1. The van der Waals surface area contributed by atoms with Crippen molar-refractivity contribution in [2.45, 2.75) is 25.4 Å². The number of alkyl halides is 3. The lowest BCUT2D eigenvalue weighted by molar-refractivity contribution is -0.137. The van der Waals surface area contributed by atoms with E-state index in [2.05, 4.69) is 9.97 Å². The van der Waals surface area contributed by atoms with Crippen molar-refractivity contribution in [3.8, 4) is 0 Å². The second-order valence-electron chi connectivity index (χ2n) is 6.81. The first-order chi connectivity index (χ1) is 13.4. The highest BCUT2D eigenvalue weighted by Gasteiger charge is 2.32. The molecule has 1 fully saturated rings. The number of hydrogen-bond donors (Lipinski definition) is 0. The quantitative estimate of drug-likeness (QED) is 0.474. The lowest BCUT2D eigenvalue weighted by atomic mass is 9.86. The van der Waals surface area contributed by atoms with E-state index in [1.54, 1.807) is 6.20 Å². The van der Waals surface area contributed by atoms with Crippen molar-refractivity contribution < 1.29 is 18.0 Å². The molecule has 0 amide bonds. The van der Waals surface area contributed by atoms with Gasteiger partial charge in [-0.25, -0.2) is 9.97 Å². The summed E-state index contributed by atoms with van der Waals surface area (Å²) in [5.41, 5.74) is -0.0507. The van der Waals surface area contributed by atoms with Gasteiger partial charge in [-0.15, -0.1) is 0 Å². The van der Waals surface area contributed by atoms with Crippen molar-refractivity contribution in [1.29, 1.82) is 0 Å². The second-order valence-corrected chi connectivity index (χ2v) is 7.25. The number of hydrogen-bond acceptors (Lipinski definition) is 4. The Hall–Kier alpha value is -2.38. The van der Waals surface area contributed by atoms with Gasteiger partial charge < -0.3 is 0 Å². The Morgan fingerprint density at radius 2 is 1.93 bits per heavy atom. The van der Waals surface area contributed by atoms with Crippen LogP contribution in [0.1, 0.15) is 24.8 Å². The molecule has 0 N–H and O–H groups in total. The largest absolute Gasteiger partial charge is 0.416 e. The summed E-state index contributed by atoms with van der Waals surface area (Å²) in [6, 6.07) is 10.7. The van der Waals surface area contributed by atoms with Crippen molar-refractivity contribution in [2.24, 2.45) is 5.92 Å². The standard InChI is InChI=1S/C20H17ClF3N3O/c21-16-8-15(20(22,23)24)9-17(10-16)27(28-12-13-4-3-5-13)19-25-11-14-6-1-2-7-18(14)26-19/h1-2,6-11,13H,3-5,12H2. The van der Waals surface area contributed by atoms with E-state index in [4.69, 9.17) is 16.4 Å². The molecular formula is C20H17ClF3N3O. The first-order valence-corrected chi connectivity index (χ1v) is 9.30. The molecule has 0 spiro atoms. The Morgan fingerprint density at radius 3 is 2.64 bits per heavy atom. The van der Waals surface area contributed by atoms with Crippen molar-refractivity contribution in [3.05, 3.63) is 59.2 Å². The van der Waals surface area contributed by atoms with Crippen molar-refractivity contribution in [2.75, 3.05) is 11.7 Å². The molecule has 4 nitrogen and oxygen atoms in total. The molecule has 8 heteroatoms. The molecule has 0 aliphatic heterocycles. The van der Waals surface area contributed by atoms with E-state index in [9.17, 15) is 13.2 Å². The minimum Gasteiger partial charge on any atom is -0.265 e. The minimum atomic E-state index is -4.52. The molecule has 0 saturated heterocycles. The van der Waals surface area contributed by atoms with Crippen LogP contribution in [0.3, 0.4) is 0 Å². The highest BCUT2D eigenvalue weighted by molar-refractivity contribution is 6.31. The maximum atomic E-state index is 13.3. The number of nitrogens with zero attached hydrogens (tertiary/aromatic N) is 3. The fraction of sp³-hybridized carbons (Fsp3) is 0.300. The maximum absolute atomic E-state index is 13.3. The number of aromatic nitrogens is 2. The van der Waals surface area contributed by atoms with E-state index < -0.39 is 11.7 Å². The molecule has 4 rings (SSSR count). The Labute approximate surface area is 164 Å². The van der Waals surface area contributed by atoms with Crippen molar-refractivity contribution in [1.82, 2.24) is 9.97 Å². The van der Waals surface area contributed by atoms with Gasteiger partial charge in [0.2, 0.25) is 0 Å². The zero-order valence-corrected chi connectivity index (χ0v) is 15.5. The molecule has 0 radical (unpaired) electrons. The predicted molar refractivity (Wildman–Crippen MR) is 101 cm³/mol. The van der Waals surface area contributed by atoms with Crippen LogP contribution in [-0.4, -0.2) is 16.6 Å². The molecule has 1 aliphatic rings. The molecule has 1 heterocycles. The molecule has 1 aliphatic carbocycles. The van der Waals surface area contributed by atoms with Gasteiger partial charge in [0.1, 0.15) is 0 Å². The smallest absolute Gasteiger partial charge is 0.265 e. The SMILES string of the molecule is FC(F)(F)c1cc(Cl)cc(N(OCC2CCC2)c2ncc3ccccc3n2)c1. The number of fused-ring (bicyclic) bond motifs is 1. The third-order valence-electron chi connectivity index (χ3n) is 4.77. The van der Waals surface area contributed by atoms with E-state index in [1.807, 2.05) is 24.3 Å². The number of benzene rings is 2. The molecule has 1 saturated carbocycles. The zero-order chi connectivity index (χ0) is 19.7. The van der Waals surface area contributed by atoms with Gasteiger partial charge in [0, 0.05) is 16.6 Å². The van der Waals surface area contributed by atoms with Gasteiger partial charge >= 0.3 is 6.18 Å². The molecular weight excluding hydrogens is 391 g/mol. The summed E-state index contributed by atoms with van der Waals surface area (Å²) < 4.78 is 39.8. The summed E-state index contributed by atoms with van der Waals surface area (Å²) >= 11 is 5.96. The van der Waals surface area contributed by atoms with Gasteiger partial charge in [-0.1, -0.05) is 36.2 Å². The number of anilines is 2. The van der Waals surface area contributed by atoms with E-state index in [0.717, 1.165) is 36.8 Å². The van der Waals surface area contributed by atoms with E-state index in [1.165, 1.54) is 11.1 Å². The highest BCUT2D eigenvalue weighted by atomic mass is 35.5. The summed E-state index contributed by atoms with van der Waals surface area (Å²) in [6.07, 6.45) is 0.303. The van der Waals surface area contributed by atoms with E-state index in [-0.39, 0.29) is 16.7 Å². The molecule has 146 valence electrons. The Balaban J connectivity index is 1.75. The summed E-state index contributed by atoms with van der Waals surface area (Å²) in [7, 11) is 0. The highest BCUT2D eigenvalue weighted by Crippen LogP contribution is 2.36. The Morgan fingerprint density at radius 1 is 1.14 bits per heavy atom. The topological polar surface area (TPSA) is 38.2 Å². The number of halogens is 4. The molecule has 0 unspecified atom stereocenters. The molecule has 2 aromatic carbocycles. The second kappa shape index (κ2) is 7.56. The third-order valence-corrected chi connectivity index (χ3v) is 4.98. The fourth-order valence-corrected chi connectivity index (χ4v) is 3.23. The Kier molecular flexibility index (Phi) is 5.12. The predicted octanol–water partition coefficient (Wildman–Crippen LogP) is 6.17. The molecule has 28 heavy (non-hydrogen) atoms. The zero-order valence-electron chi connectivity index (χ0n) is 14.8. The number of rotatable bonds is 5. The summed E-state index contributed by atoms with van der Waals surface area (Å²) in [4.78, 5) is 14.6. The fourth-order valence-electron chi connectivity index (χ4n) is 3.00. The summed E-state index contributed by atoms with van der Waals surface area (Å²) in [5, 5.41) is 2.03. The maximum Gasteiger partial charge on any atom is 0.416 e. The van der Waals surface area contributed by atoms with Crippen LogP contribution in [-0.2, 0) is 11.0 Å². The van der Waals surface area contributed by atoms with Crippen LogP contribution < -0.4 is 5.06 Å². The first-order valence-electron chi connectivity index (χ1n) is 8.93. The lowest BCUT2D eigenvalue weighted by Crippen LogP contribution is -2.27. The van der Waals surface area contributed by atoms with Crippen LogP contribution in [0.25, 0.3) is 10.9 Å². The lowest BCUT2D eigenvalue weighted by Gasteiger charge is -2.29. The van der Waals surface area contributed by atoms with E-state index in [0.29, 0.717) is 18.0 Å². The van der Waals surface area contributed by atoms with Crippen LogP contribution in [0, 0.1) is 5.92 Å². The van der Waals surface area contributed by atoms with Crippen LogP contribution in [0.15, 0.2) is 48.7 Å². The van der Waals surface area contributed by atoms with Gasteiger partial charge in [-0.3, -0.25) is 4.84 Å². The average molecular weight is 408 g/mol. The van der Waals surface area contributed by atoms with Crippen LogP contribution in [0.5, 0.6) is 0 Å². The van der Waals surface area contributed by atoms with Gasteiger partial charge in [0.05, 0.1) is 23.4 Å². The minimum absolute atomic E-state index is 0.0390. The molecule has 3 aromatic rings. The third kappa shape index (κ3) is 4.05. The van der Waals surface area contributed by atoms with Gasteiger partial charge in [-0.05, 0) is 43.0 Å². The van der Waals surface area contributed by atoms with Crippen LogP contribution in [0.4, 0.5) is 24.8 Å². The molecule has 0 bridgehead atoms. The summed E-state index contributed by atoms with van der Waals surface area (Å²) in [6.45, 7) is 0.379. The van der Waals surface area contributed by atoms with Crippen molar-refractivity contribution >= 4 is 34.1 Å². The van der Waals surface area contributed by atoms with Gasteiger partial charge in [0.25, 0.3) is 5.95 Å². The van der Waals surface area contributed by atoms with Crippen molar-refractivity contribution in [3.63, 3.8) is 0 Å². The molecule has 0 atom stereocenters. The summed E-state index contributed by atoms with van der Waals surface area (Å²) in [5.74, 6) is 0.539. The molecule has 1 aromatic heterocycles. The monoisotopic (exact) mass is 407 g/mol. The first kappa shape index (κ1) is 19.0. The normalized spacial score (nSPS) is 14.9. The van der Waals surface area contributed by atoms with Gasteiger partial charge in [0.15, 0.2) is 0 Å². The Bertz CT molecular complexity index is 992. The van der Waals surface area contributed by atoms with Gasteiger partial charge in [-0.2, -0.15) is 18.2 Å². The van der Waals surface area contributed by atoms with E-state index >= 15 is 0 Å².